The second kappa shape index (κ2) is 5.93. The van der Waals surface area contributed by atoms with Crippen molar-refractivity contribution < 1.29 is 8.78 Å². The molecule has 0 radical (unpaired) electrons. The zero-order chi connectivity index (χ0) is 14.0. The zero-order valence-corrected chi connectivity index (χ0v) is 12.6. The molecule has 1 aliphatic carbocycles. The summed E-state index contributed by atoms with van der Waals surface area (Å²) in [6, 6.07) is 7.17. The number of benzene rings is 1. The van der Waals surface area contributed by atoms with Crippen LogP contribution in [0.15, 0.2) is 34.2 Å². The normalized spacial score (nSPS) is 20.6. The highest BCUT2D eigenvalue weighted by Gasteiger charge is 2.38. The Balaban J connectivity index is 1.75. The van der Waals surface area contributed by atoms with E-state index in [1.807, 2.05) is 12.1 Å². The molecule has 1 aromatic rings. The molecule has 1 aliphatic heterocycles. The molecular formula is C14H16F2N2S2. The van der Waals surface area contributed by atoms with Crippen LogP contribution in [-0.4, -0.2) is 22.2 Å². The summed E-state index contributed by atoms with van der Waals surface area (Å²) in [6.45, 7) is 0. The SMILES string of the molecule is FC(F)Sc1ccccc1NC1=NC2(CCCC2)CS1. The molecule has 3 rings (SSSR count). The summed E-state index contributed by atoms with van der Waals surface area (Å²) in [6.07, 6.45) is 4.79. The molecule has 1 heterocycles. The lowest BCUT2D eigenvalue weighted by atomic mass is 10.0. The third kappa shape index (κ3) is 3.11. The Bertz CT molecular complexity index is 514. The minimum Gasteiger partial charge on any atom is -0.334 e. The Kier molecular flexibility index (Phi) is 4.21. The molecule has 1 saturated carbocycles. The Labute approximate surface area is 125 Å². The third-order valence-corrected chi connectivity index (χ3v) is 5.63. The minimum absolute atomic E-state index is 0.109. The van der Waals surface area contributed by atoms with Crippen LogP contribution in [0.25, 0.3) is 0 Å². The van der Waals surface area contributed by atoms with Crippen molar-refractivity contribution >= 4 is 34.4 Å². The molecule has 2 aliphatic rings. The number of halogens is 2. The zero-order valence-electron chi connectivity index (χ0n) is 10.9. The minimum atomic E-state index is -2.41. The van der Waals surface area contributed by atoms with E-state index < -0.39 is 5.76 Å². The second-order valence-electron chi connectivity index (χ2n) is 5.14. The number of thioether (sulfide) groups is 2. The van der Waals surface area contributed by atoms with Crippen molar-refractivity contribution in [3.05, 3.63) is 24.3 Å². The van der Waals surface area contributed by atoms with E-state index in [1.54, 1.807) is 23.9 Å². The highest BCUT2D eigenvalue weighted by Crippen LogP contribution is 2.42. The largest absolute Gasteiger partial charge is 0.334 e. The van der Waals surface area contributed by atoms with Gasteiger partial charge in [-0.1, -0.05) is 48.5 Å². The molecular weight excluding hydrogens is 298 g/mol. The summed E-state index contributed by atoms with van der Waals surface area (Å²) in [5, 5.41) is 4.09. The number of nitrogens with one attached hydrogen (secondary N) is 1. The highest BCUT2D eigenvalue weighted by molar-refractivity contribution is 8.14. The van der Waals surface area contributed by atoms with E-state index >= 15 is 0 Å². The number of aliphatic imine (C=N–C) groups is 1. The molecule has 6 heteroatoms. The average Bonchev–Trinajstić information content (AvgIpc) is 3.02. The molecule has 0 unspecified atom stereocenters. The Morgan fingerprint density at radius 1 is 1.25 bits per heavy atom. The van der Waals surface area contributed by atoms with Crippen LogP contribution in [0, 0.1) is 0 Å². The number of hydrogen-bond acceptors (Lipinski definition) is 4. The van der Waals surface area contributed by atoms with Crippen LogP contribution >= 0.6 is 23.5 Å². The molecule has 20 heavy (non-hydrogen) atoms. The van der Waals surface area contributed by atoms with Crippen molar-refractivity contribution in [3.8, 4) is 0 Å². The molecule has 108 valence electrons. The lowest BCUT2D eigenvalue weighted by molar-refractivity contribution is 0.252. The highest BCUT2D eigenvalue weighted by atomic mass is 32.2. The van der Waals surface area contributed by atoms with Crippen molar-refractivity contribution in [2.45, 2.75) is 41.9 Å². The van der Waals surface area contributed by atoms with E-state index in [1.165, 1.54) is 12.8 Å². The summed E-state index contributed by atoms with van der Waals surface area (Å²) < 4.78 is 25.1. The molecule has 2 nitrogen and oxygen atoms in total. The van der Waals surface area contributed by atoms with Gasteiger partial charge in [0.2, 0.25) is 0 Å². The molecule has 1 spiro atoms. The fourth-order valence-electron chi connectivity index (χ4n) is 2.72. The van der Waals surface area contributed by atoms with E-state index in [-0.39, 0.29) is 5.54 Å². The molecule has 1 aromatic carbocycles. The monoisotopic (exact) mass is 314 g/mol. The summed E-state index contributed by atoms with van der Waals surface area (Å²) >= 11 is 2.28. The number of rotatable bonds is 3. The van der Waals surface area contributed by atoms with Crippen LogP contribution in [0.4, 0.5) is 14.5 Å². The molecule has 0 amide bonds. The maximum absolute atomic E-state index is 12.6. The van der Waals surface area contributed by atoms with Gasteiger partial charge in [-0.3, -0.25) is 4.99 Å². The second-order valence-corrected chi connectivity index (χ2v) is 7.13. The fraction of sp³-hybridized carbons (Fsp3) is 0.500. The molecule has 0 saturated heterocycles. The van der Waals surface area contributed by atoms with E-state index in [4.69, 9.17) is 4.99 Å². The van der Waals surface area contributed by atoms with Gasteiger partial charge in [0.05, 0.1) is 11.2 Å². The topological polar surface area (TPSA) is 24.4 Å². The quantitative estimate of drug-likeness (QED) is 0.809. The molecule has 0 bridgehead atoms. The van der Waals surface area contributed by atoms with Crippen molar-refractivity contribution in [3.63, 3.8) is 0 Å². The first-order chi connectivity index (χ1) is 9.67. The third-order valence-electron chi connectivity index (χ3n) is 3.70. The van der Waals surface area contributed by atoms with E-state index in [9.17, 15) is 8.78 Å². The van der Waals surface area contributed by atoms with Gasteiger partial charge in [-0.2, -0.15) is 8.78 Å². The van der Waals surface area contributed by atoms with Gasteiger partial charge in [0.15, 0.2) is 5.17 Å². The predicted molar refractivity (Wildman–Crippen MR) is 83.0 cm³/mol. The molecule has 0 aromatic heterocycles. The lowest BCUT2D eigenvalue weighted by Crippen LogP contribution is -2.21. The lowest BCUT2D eigenvalue weighted by Gasteiger charge is -2.16. The summed E-state index contributed by atoms with van der Waals surface area (Å²) in [5.74, 6) is -1.39. The molecule has 0 atom stereocenters. The maximum atomic E-state index is 12.6. The first kappa shape index (κ1) is 14.2. The van der Waals surface area contributed by atoms with E-state index in [0.29, 0.717) is 16.7 Å². The van der Waals surface area contributed by atoms with Gasteiger partial charge >= 0.3 is 0 Å². The number of hydrogen-bond donors (Lipinski definition) is 1. The van der Waals surface area contributed by atoms with Gasteiger partial charge in [0.1, 0.15) is 0 Å². The van der Waals surface area contributed by atoms with Crippen LogP contribution in [-0.2, 0) is 0 Å². The number of alkyl halides is 2. The summed E-state index contributed by atoms with van der Waals surface area (Å²) in [4.78, 5) is 5.37. The predicted octanol–water partition coefficient (Wildman–Crippen LogP) is 4.83. The Morgan fingerprint density at radius 2 is 2.00 bits per heavy atom. The van der Waals surface area contributed by atoms with Gasteiger partial charge in [-0.15, -0.1) is 0 Å². The van der Waals surface area contributed by atoms with Crippen LogP contribution < -0.4 is 5.32 Å². The standard InChI is InChI=1S/C14H16F2N2S2/c15-12(16)20-11-6-2-1-5-10(11)17-13-18-14(9-19-13)7-3-4-8-14/h1-2,5-6,12H,3-4,7-9H2,(H,17,18). The van der Waals surface area contributed by atoms with Gasteiger partial charge in [0, 0.05) is 10.6 Å². The van der Waals surface area contributed by atoms with Crippen molar-refractivity contribution in [2.24, 2.45) is 4.99 Å². The van der Waals surface area contributed by atoms with Crippen molar-refractivity contribution in [1.82, 2.24) is 0 Å². The summed E-state index contributed by atoms with van der Waals surface area (Å²) in [5.41, 5.74) is 0.830. The van der Waals surface area contributed by atoms with Crippen LogP contribution in [0.1, 0.15) is 25.7 Å². The van der Waals surface area contributed by atoms with Crippen LogP contribution in [0.3, 0.4) is 0 Å². The maximum Gasteiger partial charge on any atom is 0.288 e. The molecule has 1 N–H and O–H groups in total. The van der Waals surface area contributed by atoms with Crippen LogP contribution in [0.2, 0.25) is 0 Å². The number of anilines is 1. The number of nitrogens with zero attached hydrogens (tertiary/aromatic N) is 1. The smallest absolute Gasteiger partial charge is 0.288 e. The van der Waals surface area contributed by atoms with E-state index in [2.05, 4.69) is 5.32 Å². The van der Waals surface area contributed by atoms with Gasteiger partial charge in [-0.25, -0.2) is 0 Å². The number of amidine groups is 1. The van der Waals surface area contributed by atoms with Crippen molar-refractivity contribution in [2.75, 3.05) is 11.1 Å². The van der Waals surface area contributed by atoms with Gasteiger partial charge in [0.25, 0.3) is 5.76 Å². The Hall–Kier alpha value is -0.750. The van der Waals surface area contributed by atoms with Gasteiger partial charge < -0.3 is 5.32 Å². The summed E-state index contributed by atoms with van der Waals surface area (Å²) in [7, 11) is 0. The number of para-hydroxylation sites is 1. The van der Waals surface area contributed by atoms with Gasteiger partial charge in [-0.05, 0) is 25.0 Å². The van der Waals surface area contributed by atoms with E-state index in [0.717, 1.165) is 29.4 Å². The van der Waals surface area contributed by atoms with Crippen LogP contribution in [0.5, 0.6) is 0 Å². The average molecular weight is 314 g/mol. The van der Waals surface area contributed by atoms with Crippen molar-refractivity contribution in [1.29, 1.82) is 0 Å². The fourth-order valence-corrected chi connectivity index (χ4v) is 4.51. The Morgan fingerprint density at radius 3 is 2.75 bits per heavy atom. The first-order valence-corrected chi connectivity index (χ1v) is 8.57. The molecule has 1 fully saturated rings. The first-order valence-electron chi connectivity index (χ1n) is 6.70.